The molecule has 1 saturated carbocycles. The standard InChI is InChI=1S/C22H33FN6OS/c1-16(30-19-11-6-8-17(23)14-19)15-26-21(24-2)25-13-7-12-20-27-28-22(31-3)29(20)18-9-4-5-10-18/h6,8,11,14,16,18H,4-5,7,9-10,12-13,15H2,1-3H3,(H2,24,25,26). The van der Waals surface area contributed by atoms with Gasteiger partial charge in [-0.1, -0.05) is 30.7 Å². The van der Waals surface area contributed by atoms with E-state index in [1.54, 1.807) is 30.9 Å². The van der Waals surface area contributed by atoms with E-state index in [0.29, 0.717) is 18.3 Å². The average Bonchev–Trinajstić information content (AvgIpc) is 3.42. The van der Waals surface area contributed by atoms with Crippen molar-refractivity contribution in [2.75, 3.05) is 26.4 Å². The molecule has 7 nitrogen and oxygen atoms in total. The number of nitrogens with one attached hydrogen (secondary N) is 2. The highest BCUT2D eigenvalue weighted by Crippen LogP contribution is 2.33. The van der Waals surface area contributed by atoms with Crippen LogP contribution < -0.4 is 15.4 Å². The summed E-state index contributed by atoms with van der Waals surface area (Å²) in [6, 6.07) is 6.73. The number of aromatic nitrogens is 3. The predicted octanol–water partition coefficient (Wildman–Crippen LogP) is 3.82. The first-order valence-electron chi connectivity index (χ1n) is 10.9. The molecule has 0 saturated heterocycles. The molecule has 1 heterocycles. The van der Waals surface area contributed by atoms with Gasteiger partial charge in [-0.3, -0.25) is 4.99 Å². The van der Waals surface area contributed by atoms with Crippen LogP contribution in [0.5, 0.6) is 5.75 Å². The molecule has 0 spiro atoms. The molecular formula is C22H33FN6OS. The molecule has 1 aliphatic rings. The van der Waals surface area contributed by atoms with Gasteiger partial charge in [-0.15, -0.1) is 10.2 Å². The van der Waals surface area contributed by atoms with Gasteiger partial charge >= 0.3 is 0 Å². The Bertz CT molecular complexity index is 852. The van der Waals surface area contributed by atoms with E-state index in [2.05, 4.69) is 36.6 Å². The van der Waals surface area contributed by atoms with E-state index in [4.69, 9.17) is 4.74 Å². The van der Waals surface area contributed by atoms with Crippen molar-refractivity contribution in [1.29, 1.82) is 0 Å². The fourth-order valence-corrected chi connectivity index (χ4v) is 4.45. The van der Waals surface area contributed by atoms with Gasteiger partial charge in [0, 0.05) is 32.1 Å². The van der Waals surface area contributed by atoms with Gasteiger partial charge < -0.3 is 19.9 Å². The largest absolute Gasteiger partial charge is 0.489 e. The van der Waals surface area contributed by atoms with Crippen molar-refractivity contribution >= 4 is 17.7 Å². The molecule has 0 radical (unpaired) electrons. The van der Waals surface area contributed by atoms with Gasteiger partial charge in [0.15, 0.2) is 11.1 Å². The Morgan fingerprint density at radius 3 is 2.84 bits per heavy atom. The summed E-state index contributed by atoms with van der Waals surface area (Å²) in [6.07, 6.45) is 8.79. The van der Waals surface area contributed by atoms with E-state index in [-0.39, 0.29) is 11.9 Å². The maximum absolute atomic E-state index is 13.3. The van der Waals surface area contributed by atoms with E-state index < -0.39 is 0 Å². The Morgan fingerprint density at radius 2 is 2.13 bits per heavy atom. The van der Waals surface area contributed by atoms with Crippen molar-refractivity contribution < 1.29 is 9.13 Å². The highest BCUT2D eigenvalue weighted by molar-refractivity contribution is 7.98. The summed E-state index contributed by atoms with van der Waals surface area (Å²) >= 11 is 1.67. The lowest BCUT2D eigenvalue weighted by molar-refractivity contribution is 0.223. The van der Waals surface area contributed by atoms with Crippen LogP contribution in [0, 0.1) is 5.82 Å². The second kappa shape index (κ2) is 11.9. The van der Waals surface area contributed by atoms with Crippen molar-refractivity contribution in [2.45, 2.75) is 62.8 Å². The number of hydrogen-bond acceptors (Lipinski definition) is 5. The summed E-state index contributed by atoms with van der Waals surface area (Å²) in [5.74, 6) is 2.02. The van der Waals surface area contributed by atoms with Crippen molar-refractivity contribution in [2.24, 2.45) is 4.99 Å². The van der Waals surface area contributed by atoms with Gasteiger partial charge in [0.1, 0.15) is 23.5 Å². The normalized spacial score (nSPS) is 15.8. The third kappa shape index (κ3) is 6.85. The van der Waals surface area contributed by atoms with Crippen LogP contribution in [0.2, 0.25) is 0 Å². The number of aliphatic imine (C=N–C) groups is 1. The maximum Gasteiger partial charge on any atom is 0.191 e. The number of nitrogens with zero attached hydrogens (tertiary/aromatic N) is 4. The number of halogens is 1. The topological polar surface area (TPSA) is 76.4 Å². The lowest BCUT2D eigenvalue weighted by Gasteiger charge is -2.18. The molecule has 1 fully saturated rings. The van der Waals surface area contributed by atoms with Gasteiger partial charge in [-0.25, -0.2) is 4.39 Å². The molecule has 9 heteroatoms. The minimum atomic E-state index is -0.302. The number of thioether (sulfide) groups is 1. The smallest absolute Gasteiger partial charge is 0.191 e. The summed E-state index contributed by atoms with van der Waals surface area (Å²) in [4.78, 5) is 4.27. The third-order valence-corrected chi connectivity index (χ3v) is 6.03. The first-order valence-corrected chi connectivity index (χ1v) is 12.2. The second-order valence-electron chi connectivity index (χ2n) is 7.78. The Balaban J connectivity index is 1.41. The van der Waals surface area contributed by atoms with Crippen LogP contribution in [-0.2, 0) is 6.42 Å². The molecule has 0 aliphatic heterocycles. The fourth-order valence-electron chi connectivity index (χ4n) is 3.87. The van der Waals surface area contributed by atoms with Gasteiger partial charge in [0.05, 0.1) is 6.54 Å². The highest BCUT2D eigenvalue weighted by Gasteiger charge is 2.23. The zero-order chi connectivity index (χ0) is 22.1. The van der Waals surface area contributed by atoms with Crippen LogP contribution in [0.1, 0.15) is 50.9 Å². The Labute approximate surface area is 188 Å². The fraction of sp³-hybridized carbons (Fsp3) is 0.591. The molecule has 0 bridgehead atoms. The van der Waals surface area contributed by atoms with Crippen LogP contribution in [0.3, 0.4) is 0 Å². The van der Waals surface area contributed by atoms with Crippen molar-refractivity contribution in [3.05, 3.63) is 35.9 Å². The maximum atomic E-state index is 13.3. The summed E-state index contributed by atoms with van der Waals surface area (Å²) in [6.45, 7) is 3.28. The van der Waals surface area contributed by atoms with E-state index in [9.17, 15) is 4.39 Å². The minimum Gasteiger partial charge on any atom is -0.489 e. The summed E-state index contributed by atoms with van der Waals surface area (Å²) in [7, 11) is 1.74. The summed E-state index contributed by atoms with van der Waals surface area (Å²) in [5, 5.41) is 16.5. The molecule has 1 atom stereocenters. The van der Waals surface area contributed by atoms with E-state index in [1.807, 2.05) is 6.92 Å². The van der Waals surface area contributed by atoms with Gasteiger partial charge in [-0.05, 0) is 44.6 Å². The molecule has 1 aliphatic carbocycles. The average molecular weight is 449 g/mol. The lowest BCUT2D eigenvalue weighted by atomic mass is 10.2. The zero-order valence-corrected chi connectivity index (χ0v) is 19.4. The quantitative estimate of drug-likeness (QED) is 0.249. The zero-order valence-electron chi connectivity index (χ0n) is 18.6. The summed E-state index contributed by atoms with van der Waals surface area (Å²) in [5.41, 5.74) is 0. The van der Waals surface area contributed by atoms with Crippen molar-refractivity contribution in [1.82, 2.24) is 25.4 Å². The van der Waals surface area contributed by atoms with Crippen LogP contribution in [0.4, 0.5) is 4.39 Å². The molecule has 170 valence electrons. The monoisotopic (exact) mass is 448 g/mol. The Kier molecular flexibility index (Phi) is 8.99. The predicted molar refractivity (Wildman–Crippen MR) is 123 cm³/mol. The van der Waals surface area contributed by atoms with Gasteiger partial charge in [0.2, 0.25) is 0 Å². The number of ether oxygens (including phenoxy) is 1. The van der Waals surface area contributed by atoms with Crippen LogP contribution in [0.15, 0.2) is 34.4 Å². The molecule has 1 unspecified atom stereocenters. The van der Waals surface area contributed by atoms with Crippen molar-refractivity contribution in [3.63, 3.8) is 0 Å². The SMILES string of the molecule is CN=C(NCCCc1nnc(SC)n1C1CCCC1)NCC(C)Oc1cccc(F)c1. The van der Waals surface area contributed by atoms with E-state index in [1.165, 1.54) is 37.8 Å². The van der Waals surface area contributed by atoms with Gasteiger partial charge in [0.25, 0.3) is 0 Å². The minimum absolute atomic E-state index is 0.129. The molecule has 1 aromatic heterocycles. The van der Waals surface area contributed by atoms with Crippen LogP contribution in [-0.4, -0.2) is 53.2 Å². The van der Waals surface area contributed by atoms with Gasteiger partial charge in [-0.2, -0.15) is 0 Å². The lowest BCUT2D eigenvalue weighted by Crippen LogP contribution is -2.42. The molecule has 0 amide bonds. The molecule has 3 rings (SSSR count). The van der Waals surface area contributed by atoms with Crippen LogP contribution in [0.25, 0.3) is 0 Å². The summed E-state index contributed by atoms with van der Waals surface area (Å²) < 4.78 is 21.4. The number of rotatable bonds is 10. The Morgan fingerprint density at radius 1 is 1.32 bits per heavy atom. The number of guanidine groups is 1. The first kappa shape index (κ1) is 23.4. The first-order chi connectivity index (χ1) is 15.1. The second-order valence-corrected chi connectivity index (χ2v) is 8.55. The van der Waals surface area contributed by atoms with E-state index >= 15 is 0 Å². The molecule has 31 heavy (non-hydrogen) atoms. The number of hydrogen-bond donors (Lipinski definition) is 2. The molecule has 1 aromatic carbocycles. The third-order valence-electron chi connectivity index (χ3n) is 5.39. The molecule has 2 N–H and O–H groups in total. The highest BCUT2D eigenvalue weighted by atomic mass is 32.2. The van der Waals surface area contributed by atoms with Crippen LogP contribution >= 0.6 is 11.8 Å². The number of aryl methyl sites for hydroxylation is 1. The Hall–Kier alpha value is -2.29. The molecular weight excluding hydrogens is 415 g/mol. The molecule has 2 aromatic rings. The number of benzene rings is 1. The van der Waals surface area contributed by atoms with Crippen molar-refractivity contribution in [3.8, 4) is 5.75 Å². The van der Waals surface area contributed by atoms with E-state index in [0.717, 1.165) is 36.3 Å².